The third-order valence-corrected chi connectivity index (χ3v) is 3.50. The fourth-order valence-corrected chi connectivity index (χ4v) is 2.55. The van der Waals surface area contributed by atoms with Gasteiger partial charge in [-0.2, -0.15) is 0 Å². The van der Waals surface area contributed by atoms with Gasteiger partial charge in [-0.1, -0.05) is 15.9 Å². The van der Waals surface area contributed by atoms with Gasteiger partial charge in [0.25, 0.3) is 0 Å². The van der Waals surface area contributed by atoms with Crippen molar-refractivity contribution in [1.29, 1.82) is 0 Å². The summed E-state index contributed by atoms with van der Waals surface area (Å²) >= 11 is 3.46. The standard InChI is InChI=1S/C14H18BrNO2/c1-10(2)18-8-6-14(17)16-7-5-11-9-12(15)3-4-13(11)16/h3-4,9-10H,5-8H2,1-2H3. The van der Waals surface area contributed by atoms with Crippen molar-refractivity contribution in [2.45, 2.75) is 32.8 Å². The molecule has 0 fully saturated rings. The number of hydrogen-bond acceptors (Lipinski definition) is 2. The molecule has 0 bridgehead atoms. The number of anilines is 1. The van der Waals surface area contributed by atoms with Crippen LogP contribution in [0.4, 0.5) is 5.69 Å². The van der Waals surface area contributed by atoms with Gasteiger partial charge in [0.1, 0.15) is 0 Å². The maximum Gasteiger partial charge on any atom is 0.229 e. The number of fused-ring (bicyclic) bond motifs is 1. The van der Waals surface area contributed by atoms with E-state index in [1.54, 1.807) is 0 Å². The van der Waals surface area contributed by atoms with Crippen LogP contribution in [0, 0.1) is 0 Å². The van der Waals surface area contributed by atoms with Gasteiger partial charge in [0, 0.05) is 16.7 Å². The van der Waals surface area contributed by atoms with Crippen LogP contribution in [0.15, 0.2) is 22.7 Å². The minimum Gasteiger partial charge on any atom is -0.378 e. The molecule has 0 unspecified atom stereocenters. The highest BCUT2D eigenvalue weighted by Gasteiger charge is 2.24. The molecule has 98 valence electrons. The Labute approximate surface area is 116 Å². The van der Waals surface area contributed by atoms with Crippen LogP contribution in [0.5, 0.6) is 0 Å². The molecule has 1 aliphatic rings. The Morgan fingerprint density at radius 3 is 3.00 bits per heavy atom. The zero-order chi connectivity index (χ0) is 13.1. The number of amides is 1. The van der Waals surface area contributed by atoms with E-state index in [9.17, 15) is 4.79 Å². The van der Waals surface area contributed by atoms with E-state index in [1.807, 2.05) is 30.9 Å². The first-order chi connectivity index (χ1) is 8.58. The summed E-state index contributed by atoms with van der Waals surface area (Å²) in [7, 11) is 0. The van der Waals surface area contributed by atoms with Crippen LogP contribution in [0.1, 0.15) is 25.8 Å². The maximum absolute atomic E-state index is 12.1. The normalized spacial score (nSPS) is 14.1. The molecule has 2 rings (SSSR count). The largest absolute Gasteiger partial charge is 0.378 e. The molecular formula is C14H18BrNO2. The first kappa shape index (κ1) is 13.6. The smallest absolute Gasteiger partial charge is 0.229 e. The average Bonchev–Trinajstić information content (AvgIpc) is 2.71. The van der Waals surface area contributed by atoms with Gasteiger partial charge in [-0.15, -0.1) is 0 Å². The lowest BCUT2D eigenvalue weighted by Gasteiger charge is -2.17. The number of rotatable bonds is 4. The highest BCUT2D eigenvalue weighted by atomic mass is 79.9. The third kappa shape index (κ3) is 3.12. The number of carbonyl (C=O) groups is 1. The van der Waals surface area contributed by atoms with E-state index >= 15 is 0 Å². The van der Waals surface area contributed by atoms with E-state index in [1.165, 1.54) is 5.56 Å². The number of hydrogen-bond donors (Lipinski definition) is 0. The molecule has 0 atom stereocenters. The number of halogens is 1. The second-order valence-corrected chi connectivity index (χ2v) is 5.65. The van der Waals surface area contributed by atoms with Crippen LogP contribution in [0.25, 0.3) is 0 Å². The van der Waals surface area contributed by atoms with E-state index < -0.39 is 0 Å². The predicted octanol–water partition coefficient (Wildman–Crippen LogP) is 3.15. The van der Waals surface area contributed by atoms with Gasteiger partial charge in [-0.05, 0) is 44.0 Å². The topological polar surface area (TPSA) is 29.5 Å². The zero-order valence-corrected chi connectivity index (χ0v) is 12.4. The Morgan fingerprint density at radius 1 is 1.50 bits per heavy atom. The molecule has 0 aromatic heterocycles. The zero-order valence-electron chi connectivity index (χ0n) is 10.8. The fraction of sp³-hybridized carbons (Fsp3) is 0.500. The van der Waals surface area contributed by atoms with E-state index in [-0.39, 0.29) is 12.0 Å². The maximum atomic E-state index is 12.1. The quantitative estimate of drug-likeness (QED) is 0.855. The number of benzene rings is 1. The summed E-state index contributed by atoms with van der Waals surface area (Å²) in [5.74, 6) is 0.150. The van der Waals surface area contributed by atoms with Crippen molar-refractivity contribution in [1.82, 2.24) is 0 Å². The molecule has 1 aromatic rings. The second kappa shape index (κ2) is 5.85. The Bertz CT molecular complexity index is 445. The summed E-state index contributed by atoms with van der Waals surface area (Å²) in [6, 6.07) is 6.08. The Hall–Kier alpha value is -0.870. The van der Waals surface area contributed by atoms with Crippen LogP contribution in [-0.2, 0) is 16.0 Å². The molecule has 0 radical (unpaired) electrons. The molecule has 0 saturated carbocycles. The van der Waals surface area contributed by atoms with Crippen molar-refractivity contribution in [3.8, 4) is 0 Å². The van der Waals surface area contributed by atoms with Crippen molar-refractivity contribution in [3.05, 3.63) is 28.2 Å². The molecular weight excluding hydrogens is 294 g/mol. The SMILES string of the molecule is CC(C)OCCC(=O)N1CCc2cc(Br)ccc21. The highest BCUT2D eigenvalue weighted by molar-refractivity contribution is 9.10. The van der Waals surface area contributed by atoms with Crippen LogP contribution in [0.3, 0.4) is 0 Å². The minimum atomic E-state index is 0.150. The van der Waals surface area contributed by atoms with Gasteiger partial charge in [0.15, 0.2) is 0 Å². The van der Waals surface area contributed by atoms with E-state index in [4.69, 9.17) is 4.74 Å². The Kier molecular flexibility index (Phi) is 4.40. The Morgan fingerprint density at radius 2 is 2.28 bits per heavy atom. The van der Waals surface area contributed by atoms with Gasteiger partial charge in [-0.25, -0.2) is 0 Å². The summed E-state index contributed by atoms with van der Waals surface area (Å²) in [4.78, 5) is 14.0. The van der Waals surface area contributed by atoms with Crippen LogP contribution >= 0.6 is 15.9 Å². The lowest BCUT2D eigenvalue weighted by Crippen LogP contribution is -2.29. The molecule has 0 N–H and O–H groups in total. The lowest BCUT2D eigenvalue weighted by atomic mass is 10.2. The molecule has 1 amide bonds. The van der Waals surface area contributed by atoms with Crippen LogP contribution < -0.4 is 4.90 Å². The number of ether oxygens (including phenoxy) is 1. The van der Waals surface area contributed by atoms with Crippen molar-refractivity contribution in [2.24, 2.45) is 0 Å². The van der Waals surface area contributed by atoms with Gasteiger partial charge >= 0.3 is 0 Å². The third-order valence-electron chi connectivity index (χ3n) is 3.01. The number of carbonyl (C=O) groups excluding carboxylic acids is 1. The molecule has 0 spiro atoms. The minimum absolute atomic E-state index is 0.150. The van der Waals surface area contributed by atoms with Crippen molar-refractivity contribution < 1.29 is 9.53 Å². The van der Waals surface area contributed by atoms with Gasteiger partial charge in [-0.3, -0.25) is 4.79 Å². The Balaban J connectivity index is 1.98. The summed E-state index contributed by atoms with van der Waals surface area (Å²) in [6.45, 7) is 5.24. The number of nitrogens with zero attached hydrogens (tertiary/aromatic N) is 1. The average molecular weight is 312 g/mol. The molecule has 0 saturated heterocycles. The van der Waals surface area contributed by atoms with Crippen molar-refractivity contribution >= 4 is 27.5 Å². The van der Waals surface area contributed by atoms with E-state index in [2.05, 4.69) is 22.0 Å². The van der Waals surface area contributed by atoms with Crippen LogP contribution in [0.2, 0.25) is 0 Å². The first-order valence-corrected chi connectivity index (χ1v) is 7.07. The predicted molar refractivity (Wildman–Crippen MR) is 75.9 cm³/mol. The summed E-state index contributed by atoms with van der Waals surface area (Å²) < 4.78 is 6.49. The molecule has 4 heteroatoms. The molecule has 0 aliphatic carbocycles. The lowest BCUT2D eigenvalue weighted by molar-refractivity contribution is -0.119. The molecule has 1 heterocycles. The van der Waals surface area contributed by atoms with Gasteiger partial charge in [0.05, 0.1) is 19.1 Å². The monoisotopic (exact) mass is 311 g/mol. The van der Waals surface area contributed by atoms with Crippen molar-refractivity contribution in [3.63, 3.8) is 0 Å². The summed E-state index contributed by atoms with van der Waals surface area (Å²) in [5, 5.41) is 0. The second-order valence-electron chi connectivity index (χ2n) is 4.74. The van der Waals surface area contributed by atoms with Gasteiger partial charge in [0.2, 0.25) is 5.91 Å². The molecule has 3 nitrogen and oxygen atoms in total. The van der Waals surface area contributed by atoms with Gasteiger partial charge < -0.3 is 9.64 Å². The molecule has 1 aliphatic heterocycles. The molecule has 18 heavy (non-hydrogen) atoms. The summed E-state index contributed by atoms with van der Waals surface area (Å²) in [5.41, 5.74) is 2.29. The molecule has 1 aromatic carbocycles. The van der Waals surface area contributed by atoms with E-state index in [0.717, 1.165) is 23.1 Å². The first-order valence-electron chi connectivity index (χ1n) is 6.28. The fourth-order valence-electron chi connectivity index (χ4n) is 2.15. The highest BCUT2D eigenvalue weighted by Crippen LogP contribution is 2.30. The van der Waals surface area contributed by atoms with E-state index in [0.29, 0.717) is 13.0 Å². The summed E-state index contributed by atoms with van der Waals surface area (Å²) in [6.07, 6.45) is 1.57. The van der Waals surface area contributed by atoms with Crippen molar-refractivity contribution in [2.75, 3.05) is 18.1 Å². The van der Waals surface area contributed by atoms with Crippen LogP contribution in [-0.4, -0.2) is 25.2 Å².